The van der Waals surface area contributed by atoms with Gasteiger partial charge in [0.15, 0.2) is 7.38 Å². The molecule has 0 aliphatic heterocycles. The Morgan fingerprint density at radius 2 is 1.75 bits per heavy atom. The molecule has 0 N–H and O–H groups in total. The lowest BCUT2D eigenvalue weighted by molar-refractivity contribution is -0.158. The van der Waals surface area contributed by atoms with Crippen LogP contribution in [0.5, 0.6) is 0 Å². The summed E-state index contributed by atoms with van der Waals surface area (Å²) in [5.41, 5.74) is -0.443. The van der Waals surface area contributed by atoms with Crippen LogP contribution in [0.25, 0.3) is 0 Å². The maximum Gasteiger partial charge on any atom is 0.322 e. The first-order chi connectivity index (χ1) is 6.83. The van der Waals surface area contributed by atoms with Gasteiger partial charge in [0, 0.05) is 0 Å². The Labute approximate surface area is 113 Å². The van der Waals surface area contributed by atoms with E-state index in [1.54, 1.807) is 13.8 Å². The molecule has 0 bridgehead atoms. The van der Waals surface area contributed by atoms with Crippen molar-refractivity contribution in [2.45, 2.75) is 63.2 Å². The molecule has 0 aliphatic carbocycles. The van der Waals surface area contributed by atoms with E-state index in [2.05, 4.69) is 29.0 Å². The Hall–Kier alpha value is 0.457. The van der Waals surface area contributed by atoms with Crippen molar-refractivity contribution in [1.29, 1.82) is 0 Å². The quantitative estimate of drug-likeness (QED) is 0.325. The van der Waals surface area contributed by atoms with Crippen molar-refractivity contribution >= 4 is 40.4 Å². The van der Waals surface area contributed by atoms with Crippen LogP contribution in [-0.4, -0.2) is 23.3 Å². The summed E-state index contributed by atoms with van der Waals surface area (Å²) in [4.78, 5) is 11.7. The van der Waals surface area contributed by atoms with E-state index in [4.69, 9.17) is 15.8 Å². The second-order valence-corrected chi connectivity index (χ2v) is 14.8. The smallest absolute Gasteiger partial charge is 0.322 e. The van der Waals surface area contributed by atoms with Gasteiger partial charge in [0.2, 0.25) is 0 Å². The highest BCUT2D eigenvalue weighted by Gasteiger charge is 2.33. The average Bonchev–Trinajstić information content (AvgIpc) is 1.97. The molecule has 0 heterocycles. The van der Waals surface area contributed by atoms with Crippen molar-refractivity contribution in [2.24, 2.45) is 0 Å². The average molecular weight is 330 g/mol. The van der Waals surface area contributed by atoms with E-state index >= 15 is 0 Å². The highest BCUT2D eigenvalue weighted by Crippen LogP contribution is 2.28. The van der Waals surface area contributed by atoms with Gasteiger partial charge in [-0.3, -0.25) is 4.79 Å². The normalized spacial score (nSPS) is 13.8. The molecule has 96 valence electrons. The lowest BCUT2D eigenvalue weighted by Crippen LogP contribution is -2.37. The zero-order valence-corrected chi connectivity index (χ0v) is 14.3. The molecule has 2 nitrogen and oxygen atoms in total. The molecule has 0 spiro atoms. The second kappa shape index (κ2) is 5.40. The molecule has 0 atom stereocenters. The third kappa shape index (κ3) is 7.69. The van der Waals surface area contributed by atoms with Crippen molar-refractivity contribution in [2.75, 3.05) is 0 Å². The fourth-order valence-corrected chi connectivity index (χ4v) is 2.58. The summed E-state index contributed by atoms with van der Waals surface area (Å²) >= 11 is 9.55. The fourth-order valence-electron chi connectivity index (χ4n) is 1.02. The number of hydrogen-bond donors (Lipinski definition) is 0. The number of rotatable bonds is 5. The zero-order valence-electron chi connectivity index (χ0n) is 11.0. The highest BCUT2D eigenvalue weighted by molar-refractivity contribution is 9.10. The van der Waals surface area contributed by atoms with Gasteiger partial charge in [0.05, 0.1) is 0 Å². The van der Waals surface area contributed by atoms with Crippen molar-refractivity contribution in [1.82, 2.24) is 0 Å². The van der Waals surface area contributed by atoms with Gasteiger partial charge in [-0.15, -0.1) is 0 Å². The van der Waals surface area contributed by atoms with E-state index in [0.717, 1.165) is 12.5 Å². The van der Waals surface area contributed by atoms with E-state index in [-0.39, 0.29) is 5.97 Å². The Balaban J connectivity index is 4.31. The number of ether oxygens (including phenoxy) is 1. The third-order valence-corrected chi connectivity index (χ3v) is 4.51. The SMILES string of the molecule is CC(C)(CC[Si](C)(C)Cl)OC(=O)C(C)(C)Br. The van der Waals surface area contributed by atoms with E-state index in [9.17, 15) is 4.79 Å². The topological polar surface area (TPSA) is 26.3 Å². The molecule has 0 saturated carbocycles. The minimum Gasteiger partial charge on any atom is -0.459 e. The van der Waals surface area contributed by atoms with Gasteiger partial charge < -0.3 is 4.74 Å². The number of halogens is 2. The first kappa shape index (κ1) is 16.5. The predicted octanol–water partition coefficient (Wildman–Crippen LogP) is 4.32. The van der Waals surface area contributed by atoms with Gasteiger partial charge in [-0.05, 0) is 40.2 Å². The largest absolute Gasteiger partial charge is 0.459 e. The van der Waals surface area contributed by atoms with Crippen LogP contribution in [-0.2, 0) is 9.53 Å². The molecule has 0 aliphatic rings. The maximum atomic E-state index is 11.7. The number of hydrogen-bond acceptors (Lipinski definition) is 2. The summed E-state index contributed by atoms with van der Waals surface area (Å²) in [5.74, 6) is -0.230. The summed E-state index contributed by atoms with van der Waals surface area (Å²) in [6.45, 7) is 11.6. The van der Waals surface area contributed by atoms with Crippen LogP contribution in [0.3, 0.4) is 0 Å². The fraction of sp³-hybridized carbons (Fsp3) is 0.909. The molecular weight excluding hydrogens is 308 g/mol. The van der Waals surface area contributed by atoms with Gasteiger partial charge in [-0.1, -0.05) is 29.0 Å². The third-order valence-electron chi connectivity index (χ3n) is 2.18. The Bertz CT molecular complexity index is 254. The molecule has 16 heavy (non-hydrogen) atoms. The molecular formula is C11H22BrClO2Si. The number of alkyl halides is 1. The molecule has 5 heteroatoms. The second-order valence-electron chi connectivity index (χ2n) is 5.84. The van der Waals surface area contributed by atoms with Gasteiger partial charge in [-0.2, -0.15) is 11.1 Å². The van der Waals surface area contributed by atoms with E-state index in [1.165, 1.54) is 0 Å². The molecule has 0 fully saturated rings. The van der Waals surface area contributed by atoms with Gasteiger partial charge in [0.25, 0.3) is 0 Å². The Morgan fingerprint density at radius 3 is 2.06 bits per heavy atom. The summed E-state index contributed by atoms with van der Waals surface area (Å²) in [6.07, 6.45) is 0.810. The van der Waals surface area contributed by atoms with Gasteiger partial charge in [0.1, 0.15) is 9.93 Å². The van der Waals surface area contributed by atoms with E-state index in [0.29, 0.717) is 0 Å². The number of carbonyl (C=O) groups is 1. The predicted molar refractivity (Wildman–Crippen MR) is 75.9 cm³/mol. The van der Waals surface area contributed by atoms with Crippen LogP contribution in [0.1, 0.15) is 34.1 Å². The van der Waals surface area contributed by atoms with E-state index < -0.39 is 17.3 Å². The number of carbonyl (C=O) groups excluding carboxylic acids is 1. The molecule has 0 unspecified atom stereocenters. The van der Waals surface area contributed by atoms with Crippen LogP contribution in [0, 0.1) is 0 Å². The first-order valence-corrected chi connectivity index (χ1v) is 10.5. The minimum absolute atomic E-state index is 0.230. The van der Waals surface area contributed by atoms with Crippen LogP contribution in [0.2, 0.25) is 19.1 Å². The summed E-state index contributed by atoms with van der Waals surface area (Å²) < 4.78 is 4.85. The van der Waals surface area contributed by atoms with Crippen molar-refractivity contribution in [3.63, 3.8) is 0 Å². The van der Waals surface area contributed by atoms with Crippen molar-refractivity contribution in [3.05, 3.63) is 0 Å². The Morgan fingerprint density at radius 1 is 1.31 bits per heavy atom. The van der Waals surface area contributed by atoms with Crippen LogP contribution < -0.4 is 0 Å². The molecule has 0 aromatic heterocycles. The molecule has 0 radical (unpaired) electrons. The number of esters is 1. The van der Waals surface area contributed by atoms with Crippen LogP contribution in [0.15, 0.2) is 0 Å². The highest BCUT2D eigenvalue weighted by atomic mass is 79.9. The molecule has 0 aromatic rings. The van der Waals surface area contributed by atoms with Gasteiger partial charge >= 0.3 is 5.97 Å². The lowest BCUT2D eigenvalue weighted by atomic mass is 10.1. The lowest BCUT2D eigenvalue weighted by Gasteiger charge is -2.30. The summed E-state index contributed by atoms with van der Waals surface area (Å²) in [6, 6.07) is 0.942. The van der Waals surface area contributed by atoms with Crippen LogP contribution in [0.4, 0.5) is 0 Å². The molecule has 0 rings (SSSR count). The zero-order chi connectivity index (χ0) is 13.2. The molecule has 0 amide bonds. The monoisotopic (exact) mass is 328 g/mol. The Kier molecular flexibility index (Phi) is 5.56. The molecule has 0 saturated heterocycles. The summed E-state index contributed by atoms with van der Waals surface area (Å²) in [5, 5.41) is 0. The summed E-state index contributed by atoms with van der Waals surface area (Å²) in [7, 11) is -1.59. The molecule has 0 aromatic carbocycles. The van der Waals surface area contributed by atoms with E-state index in [1.807, 2.05) is 13.8 Å². The maximum absolute atomic E-state index is 11.7. The standard InChI is InChI=1S/C11H22BrClO2Si/c1-10(2,7-8-16(5,6)13)15-9(14)11(3,4)12/h7-8H2,1-6H3. The first-order valence-electron chi connectivity index (χ1n) is 5.45. The van der Waals surface area contributed by atoms with Crippen molar-refractivity contribution in [3.8, 4) is 0 Å². The van der Waals surface area contributed by atoms with Crippen molar-refractivity contribution < 1.29 is 9.53 Å². The van der Waals surface area contributed by atoms with Gasteiger partial charge in [-0.25, -0.2) is 0 Å². The minimum atomic E-state index is -1.59. The van der Waals surface area contributed by atoms with Crippen LogP contribution >= 0.6 is 27.0 Å².